The number of carbonyl (C=O) groups excluding carboxylic acids is 1. The van der Waals surface area contributed by atoms with Crippen LogP contribution >= 0.6 is 0 Å². The molecule has 1 atom stereocenters. The zero-order valence-electron chi connectivity index (χ0n) is 8.06. The van der Waals surface area contributed by atoms with Crippen molar-refractivity contribution in [2.75, 3.05) is 14.2 Å². The van der Waals surface area contributed by atoms with Crippen LogP contribution < -0.4 is 4.74 Å². The molecule has 0 bridgehead atoms. The van der Waals surface area contributed by atoms with Crippen molar-refractivity contribution in [3.63, 3.8) is 0 Å². The molecule has 0 fully saturated rings. The Bertz CT molecular complexity index is 322. The van der Waals surface area contributed by atoms with Crippen molar-refractivity contribution in [2.24, 2.45) is 0 Å². The molecule has 76 valence electrons. The molecule has 0 aliphatic carbocycles. The summed E-state index contributed by atoms with van der Waals surface area (Å²) in [4.78, 5) is 10.6. The van der Waals surface area contributed by atoms with Crippen molar-refractivity contribution in [1.29, 1.82) is 0 Å². The number of hydrogen-bond acceptors (Lipinski definition) is 4. The Morgan fingerprint density at radius 1 is 1.43 bits per heavy atom. The predicted molar refractivity (Wildman–Crippen MR) is 50.5 cm³/mol. The molecule has 0 heterocycles. The second kappa shape index (κ2) is 4.62. The van der Waals surface area contributed by atoms with Crippen molar-refractivity contribution in [3.8, 4) is 11.5 Å². The summed E-state index contributed by atoms with van der Waals surface area (Å²) in [5.41, 5.74) is 0.650. The number of ether oxygens (including phenoxy) is 2. The Labute approximate surface area is 82.1 Å². The van der Waals surface area contributed by atoms with E-state index < -0.39 is 6.10 Å². The lowest BCUT2D eigenvalue weighted by atomic mass is 10.1. The minimum atomic E-state index is -0.621. The molecular weight excluding hydrogens is 184 g/mol. The first-order valence-corrected chi connectivity index (χ1v) is 4.08. The number of aromatic hydroxyl groups is 1. The summed E-state index contributed by atoms with van der Waals surface area (Å²) < 4.78 is 9.82. The number of hydrogen-bond donors (Lipinski definition) is 1. The highest BCUT2D eigenvalue weighted by Crippen LogP contribution is 2.29. The normalized spacial score (nSPS) is 12.1. The van der Waals surface area contributed by atoms with Crippen LogP contribution in [0.1, 0.15) is 11.7 Å². The summed E-state index contributed by atoms with van der Waals surface area (Å²) in [5, 5.41) is 9.31. The van der Waals surface area contributed by atoms with Gasteiger partial charge in [0, 0.05) is 7.11 Å². The molecule has 0 amide bonds. The topological polar surface area (TPSA) is 55.8 Å². The molecule has 0 radical (unpaired) electrons. The minimum Gasteiger partial charge on any atom is -0.504 e. The predicted octanol–water partition coefficient (Wildman–Crippen LogP) is 1.29. The summed E-state index contributed by atoms with van der Waals surface area (Å²) in [7, 11) is 2.89. The van der Waals surface area contributed by atoms with E-state index in [9.17, 15) is 9.90 Å². The van der Waals surface area contributed by atoms with Gasteiger partial charge in [-0.3, -0.25) is 0 Å². The fraction of sp³-hybridized carbons (Fsp3) is 0.300. The Hall–Kier alpha value is -1.55. The van der Waals surface area contributed by atoms with Crippen LogP contribution in [0.3, 0.4) is 0 Å². The van der Waals surface area contributed by atoms with Crippen LogP contribution in [0.25, 0.3) is 0 Å². The van der Waals surface area contributed by atoms with Gasteiger partial charge in [-0.05, 0) is 17.7 Å². The molecule has 1 aromatic carbocycles. The molecule has 0 saturated heterocycles. The minimum absolute atomic E-state index is 0.0389. The first-order chi connectivity index (χ1) is 6.72. The van der Waals surface area contributed by atoms with Gasteiger partial charge >= 0.3 is 0 Å². The lowest BCUT2D eigenvalue weighted by molar-refractivity contribution is -0.116. The Balaban J connectivity index is 3.04. The van der Waals surface area contributed by atoms with Crippen molar-refractivity contribution < 1.29 is 19.4 Å². The van der Waals surface area contributed by atoms with Crippen molar-refractivity contribution >= 4 is 6.29 Å². The zero-order chi connectivity index (χ0) is 10.6. The third-order valence-electron chi connectivity index (χ3n) is 1.91. The number of phenols is 1. The van der Waals surface area contributed by atoms with E-state index in [2.05, 4.69) is 0 Å². The molecule has 14 heavy (non-hydrogen) atoms. The number of rotatable bonds is 4. The number of methoxy groups -OCH3 is 2. The molecule has 1 unspecified atom stereocenters. The van der Waals surface area contributed by atoms with Gasteiger partial charge in [0.2, 0.25) is 0 Å². The Morgan fingerprint density at radius 2 is 2.14 bits per heavy atom. The van der Waals surface area contributed by atoms with Crippen LogP contribution in [0, 0.1) is 0 Å². The quantitative estimate of drug-likeness (QED) is 0.737. The van der Waals surface area contributed by atoms with E-state index in [-0.39, 0.29) is 5.75 Å². The van der Waals surface area contributed by atoms with Crippen LogP contribution in [-0.4, -0.2) is 25.6 Å². The van der Waals surface area contributed by atoms with Crippen LogP contribution in [-0.2, 0) is 9.53 Å². The second-order valence-corrected chi connectivity index (χ2v) is 2.72. The van der Waals surface area contributed by atoms with Crippen LogP contribution in [0.2, 0.25) is 0 Å². The lowest BCUT2D eigenvalue weighted by Gasteiger charge is -2.10. The molecule has 4 heteroatoms. The second-order valence-electron chi connectivity index (χ2n) is 2.72. The molecule has 0 saturated carbocycles. The summed E-state index contributed by atoms with van der Waals surface area (Å²) >= 11 is 0. The van der Waals surface area contributed by atoms with E-state index in [1.165, 1.54) is 20.3 Å². The van der Waals surface area contributed by atoms with Gasteiger partial charge < -0.3 is 19.4 Å². The highest BCUT2D eigenvalue weighted by atomic mass is 16.5. The fourth-order valence-corrected chi connectivity index (χ4v) is 1.14. The monoisotopic (exact) mass is 196 g/mol. The molecular formula is C10H12O4. The maximum atomic E-state index is 10.6. The van der Waals surface area contributed by atoms with Gasteiger partial charge in [-0.25, -0.2) is 0 Å². The number of carbonyl (C=O) groups is 1. The van der Waals surface area contributed by atoms with E-state index in [1.807, 2.05) is 0 Å². The SMILES string of the molecule is COc1cc(C(C=O)OC)ccc1O. The molecule has 0 spiro atoms. The summed E-state index contributed by atoms with van der Waals surface area (Å²) in [6, 6.07) is 4.64. The Kier molecular flexibility index (Phi) is 3.48. The van der Waals surface area contributed by atoms with E-state index in [0.717, 1.165) is 0 Å². The molecule has 1 rings (SSSR count). The van der Waals surface area contributed by atoms with Crippen LogP contribution in [0.4, 0.5) is 0 Å². The first-order valence-electron chi connectivity index (χ1n) is 4.08. The fourth-order valence-electron chi connectivity index (χ4n) is 1.14. The highest BCUT2D eigenvalue weighted by molar-refractivity contribution is 5.61. The largest absolute Gasteiger partial charge is 0.504 e. The summed E-state index contributed by atoms with van der Waals surface area (Å²) in [6.45, 7) is 0. The summed E-state index contributed by atoms with van der Waals surface area (Å²) in [6.07, 6.45) is 0.0655. The van der Waals surface area contributed by atoms with E-state index in [0.29, 0.717) is 17.6 Å². The molecule has 1 aromatic rings. The highest BCUT2D eigenvalue weighted by Gasteiger charge is 2.11. The third-order valence-corrected chi connectivity index (χ3v) is 1.91. The maximum Gasteiger partial charge on any atom is 0.160 e. The van der Waals surface area contributed by atoms with Gasteiger partial charge in [-0.2, -0.15) is 0 Å². The average Bonchev–Trinajstić information content (AvgIpc) is 2.22. The third kappa shape index (κ3) is 2.03. The lowest BCUT2D eigenvalue weighted by Crippen LogP contribution is -2.02. The van der Waals surface area contributed by atoms with Crippen molar-refractivity contribution in [3.05, 3.63) is 23.8 Å². The zero-order valence-corrected chi connectivity index (χ0v) is 8.06. The Morgan fingerprint density at radius 3 is 2.64 bits per heavy atom. The van der Waals surface area contributed by atoms with Gasteiger partial charge in [0.25, 0.3) is 0 Å². The maximum absolute atomic E-state index is 10.6. The van der Waals surface area contributed by atoms with E-state index >= 15 is 0 Å². The van der Waals surface area contributed by atoms with Crippen molar-refractivity contribution in [1.82, 2.24) is 0 Å². The van der Waals surface area contributed by atoms with E-state index in [4.69, 9.17) is 9.47 Å². The standard InChI is InChI=1S/C10H12O4/c1-13-9-5-7(3-4-8(9)12)10(6-11)14-2/h3-6,10,12H,1-2H3. The average molecular weight is 196 g/mol. The molecule has 1 N–H and O–H groups in total. The van der Waals surface area contributed by atoms with Gasteiger partial charge in [-0.15, -0.1) is 0 Å². The van der Waals surface area contributed by atoms with Gasteiger partial charge in [0.05, 0.1) is 7.11 Å². The van der Waals surface area contributed by atoms with E-state index in [1.54, 1.807) is 12.1 Å². The molecule has 0 aliphatic rings. The number of benzene rings is 1. The molecule has 0 aromatic heterocycles. The molecule has 0 aliphatic heterocycles. The number of aldehydes is 1. The first kappa shape index (κ1) is 10.5. The van der Waals surface area contributed by atoms with Gasteiger partial charge in [0.15, 0.2) is 17.8 Å². The van der Waals surface area contributed by atoms with Crippen LogP contribution in [0.5, 0.6) is 11.5 Å². The van der Waals surface area contributed by atoms with Crippen molar-refractivity contribution in [2.45, 2.75) is 6.10 Å². The van der Waals surface area contributed by atoms with Crippen LogP contribution in [0.15, 0.2) is 18.2 Å². The van der Waals surface area contributed by atoms with Gasteiger partial charge in [-0.1, -0.05) is 6.07 Å². The molecule has 4 nitrogen and oxygen atoms in total. The summed E-state index contributed by atoms with van der Waals surface area (Å²) in [5.74, 6) is 0.364. The smallest absolute Gasteiger partial charge is 0.160 e. The number of phenolic OH excluding ortho intramolecular Hbond substituents is 1. The van der Waals surface area contributed by atoms with Gasteiger partial charge in [0.1, 0.15) is 6.10 Å².